The van der Waals surface area contributed by atoms with Crippen LogP contribution in [0.5, 0.6) is 0 Å². The van der Waals surface area contributed by atoms with Gasteiger partial charge in [-0.15, -0.1) is 0 Å². The fourth-order valence-corrected chi connectivity index (χ4v) is 5.45. The van der Waals surface area contributed by atoms with Crippen LogP contribution in [0, 0.1) is 13.8 Å². The molecule has 8 nitrogen and oxygen atoms in total. The molecule has 0 N–H and O–H groups in total. The van der Waals surface area contributed by atoms with E-state index in [9.17, 15) is 18.0 Å². The molecule has 1 aliphatic heterocycles. The number of aromatic nitrogens is 2. The van der Waals surface area contributed by atoms with Crippen molar-refractivity contribution in [1.82, 2.24) is 14.1 Å². The van der Waals surface area contributed by atoms with E-state index < -0.39 is 28.4 Å². The topological polar surface area (TPSA) is 98.6 Å². The summed E-state index contributed by atoms with van der Waals surface area (Å²) in [6.45, 7) is 4.05. The number of nitrogens with zero attached hydrogens (tertiary/aromatic N) is 3. The van der Waals surface area contributed by atoms with Gasteiger partial charge in [0, 0.05) is 18.7 Å². The number of carbonyl (C=O) groups excluding carboxylic acids is 2. The van der Waals surface area contributed by atoms with E-state index in [1.807, 2.05) is 30.3 Å². The van der Waals surface area contributed by atoms with E-state index in [1.165, 1.54) is 28.6 Å². The smallest absolute Gasteiger partial charge is 0.342 e. The number of benzene rings is 2. The lowest BCUT2D eigenvalue weighted by Gasteiger charge is -2.15. The molecule has 3 aromatic rings. The number of ketones is 1. The molecular weight excluding hydrogens is 442 g/mol. The number of esters is 1. The van der Waals surface area contributed by atoms with Gasteiger partial charge in [-0.25, -0.2) is 17.9 Å². The average Bonchev–Trinajstić information content (AvgIpc) is 3.47. The van der Waals surface area contributed by atoms with Crippen molar-refractivity contribution in [1.29, 1.82) is 0 Å². The monoisotopic (exact) mass is 467 g/mol. The third-order valence-electron chi connectivity index (χ3n) is 5.71. The second-order valence-corrected chi connectivity index (χ2v) is 9.87. The number of sulfonamides is 1. The molecular formula is C24H25N3O5S. The van der Waals surface area contributed by atoms with Crippen molar-refractivity contribution >= 4 is 21.8 Å². The summed E-state index contributed by atoms with van der Waals surface area (Å²) in [6.07, 6.45) is 1.70. The molecule has 0 amide bonds. The van der Waals surface area contributed by atoms with Gasteiger partial charge in [0.1, 0.15) is 5.56 Å². The van der Waals surface area contributed by atoms with Crippen LogP contribution in [0.4, 0.5) is 0 Å². The van der Waals surface area contributed by atoms with Crippen molar-refractivity contribution in [2.45, 2.75) is 31.6 Å². The third-order valence-corrected chi connectivity index (χ3v) is 7.62. The van der Waals surface area contributed by atoms with Gasteiger partial charge in [-0.1, -0.05) is 18.2 Å². The lowest BCUT2D eigenvalue weighted by molar-refractivity contribution is 0.0473. The molecule has 1 aliphatic rings. The molecule has 2 heterocycles. The van der Waals surface area contributed by atoms with Crippen molar-refractivity contribution < 1.29 is 22.7 Å². The number of rotatable bonds is 7. The number of hydrogen-bond donors (Lipinski definition) is 0. The Kier molecular flexibility index (Phi) is 6.44. The van der Waals surface area contributed by atoms with Crippen molar-refractivity contribution in [3.05, 3.63) is 77.1 Å². The third kappa shape index (κ3) is 4.60. The van der Waals surface area contributed by atoms with Crippen LogP contribution in [-0.2, 0) is 14.8 Å². The molecule has 0 spiro atoms. The van der Waals surface area contributed by atoms with Gasteiger partial charge in [-0.05, 0) is 63.1 Å². The molecule has 0 atom stereocenters. The number of carbonyl (C=O) groups is 2. The normalized spacial score (nSPS) is 14.4. The van der Waals surface area contributed by atoms with Crippen LogP contribution in [0.3, 0.4) is 0 Å². The Morgan fingerprint density at radius 1 is 0.970 bits per heavy atom. The van der Waals surface area contributed by atoms with E-state index >= 15 is 0 Å². The zero-order valence-corrected chi connectivity index (χ0v) is 19.3. The van der Waals surface area contributed by atoms with Crippen LogP contribution in [0.1, 0.15) is 44.9 Å². The molecule has 33 heavy (non-hydrogen) atoms. The van der Waals surface area contributed by atoms with Crippen molar-refractivity contribution in [3.8, 4) is 5.69 Å². The summed E-state index contributed by atoms with van der Waals surface area (Å²) in [4.78, 5) is 25.4. The van der Waals surface area contributed by atoms with Crippen LogP contribution in [0.25, 0.3) is 5.69 Å². The highest BCUT2D eigenvalue weighted by Gasteiger charge is 2.27. The molecule has 0 saturated carbocycles. The Hall–Kier alpha value is -3.30. The maximum Gasteiger partial charge on any atom is 0.342 e. The van der Waals surface area contributed by atoms with Crippen LogP contribution in [0.2, 0.25) is 0 Å². The van der Waals surface area contributed by atoms with E-state index in [0.29, 0.717) is 30.0 Å². The number of Topliss-reactive ketones (excluding diaryl/α,β-unsaturated/α-hetero) is 1. The second kappa shape index (κ2) is 9.29. The Labute approximate surface area is 192 Å². The van der Waals surface area contributed by atoms with E-state index in [2.05, 4.69) is 5.10 Å². The van der Waals surface area contributed by atoms with Gasteiger partial charge < -0.3 is 4.74 Å². The summed E-state index contributed by atoms with van der Waals surface area (Å²) < 4.78 is 33.6. The largest absolute Gasteiger partial charge is 0.454 e. The zero-order valence-electron chi connectivity index (χ0n) is 18.5. The molecule has 0 bridgehead atoms. The van der Waals surface area contributed by atoms with E-state index in [4.69, 9.17) is 4.74 Å². The summed E-state index contributed by atoms with van der Waals surface area (Å²) >= 11 is 0. The number of hydrogen-bond acceptors (Lipinski definition) is 6. The highest BCUT2D eigenvalue weighted by Crippen LogP contribution is 2.22. The molecule has 9 heteroatoms. The Balaban J connectivity index is 1.43. The van der Waals surface area contributed by atoms with Crippen LogP contribution in [-0.4, -0.2) is 54.0 Å². The lowest BCUT2D eigenvalue weighted by Crippen LogP contribution is -2.27. The molecule has 172 valence electrons. The number of para-hydroxylation sites is 1. The van der Waals surface area contributed by atoms with Gasteiger partial charge in [0.15, 0.2) is 12.4 Å². The van der Waals surface area contributed by atoms with Crippen molar-refractivity contribution in [3.63, 3.8) is 0 Å². The first-order chi connectivity index (χ1) is 15.8. The average molecular weight is 468 g/mol. The molecule has 1 aromatic heterocycles. The molecule has 2 aromatic carbocycles. The predicted octanol–water partition coefficient (Wildman–Crippen LogP) is 3.31. The van der Waals surface area contributed by atoms with Crippen LogP contribution in [0.15, 0.2) is 59.5 Å². The summed E-state index contributed by atoms with van der Waals surface area (Å²) in [5, 5.41) is 4.42. The summed E-state index contributed by atoms with van der Waals surface area (Å²) in [6, 6.07) is 15.1. The fraction of sp³-hybridized carbons (Fsp3) is 0.292. The van der Waals surface area contributed by atoms with Gasteiger partial charge in [0.25, 0.3) is 0 Å². The summed E-state index contributed by atoms with van der Waals surface area (Å²) in [7, 11) is -3.55. The van der Waals surface area contributed by atoms with Crippen molar-refractivity contribution in [2.75, 3.05) is 19.7 Å². The fourth-order valence-electron chi connectivity index (χ4n) is 3.94. The standard InChI is InChI=1S/C24H25N3O5S/c1-17-23(18(2)27(25-17)20-8-4-3-5-9-20)24(29)32-16-22(28)19-10-12-21(13-11-19)33(30,31)26-14-6-7-15-26/h3-5,8-13H,6-7,14-16H2,1-2H3. The number of aryl methyl sites for hydroxylation is 1. The molecule has 0 unspecified atom stereocenters. The predicted molar refractivity (Wildman–Crippen MR) is 122 cm³/mol. The van der Waals surface area contributed by atoms with E-state index in [0.717, 1.165) is 18.5 Å². The molecule has 1 fully saturated rings. The highest BCUT2D eigenvalue weighted by molar-refractivity contribution is 7.89. The van der Waals surface area contributed by atoms with Crippen LogP contribution < -0.4 is 0 Å². The highest BCUT2D eigenvalue weighted by atomic mass is 32.2. The van der Waals surface area contributed by atoms with Gasteiger partial charge in [0.05, 0.1) is 22.0 Å². The van der Waals surface area contributed by atoms with Gasteiger partial charge in [-0.3, -0.25) is 4.79 Å². The number of ether oxygens (including phenoxy) is 1. The summed E-state index contributed by atoms with van der Waals surface area (Å²) in [5.74, 6) is -1.05. The minimum atomic E-state index is -3.55. The first-order valence-corrected chi connectivity index (χ1v) is 12.2. The lowest BCUT2D eigenvalue weighted by atomic mass is 10.1. The minimum absolute atomic E-state index is 0.150. The van der Waals surface area contributed by atoms with Gasteiger partial charge in [0.2, 0.25) is 10.0 Å². The second-order valence-electron chi connectivity index (χ2n) is 7.93. The van der Waals surface area contributed by atoms with Gasteiger partial charge >= 0.3 is 5.97 Å². The van der Waals surface area contributed by atoms with Gasteiger partial charge in [-0.2, -0.15) is 9.40 Å². The Morgan fingerprint density at radius 2 is 1.61 bits per heavy atom. The Bertz CT molecular complexity index is 1280. The molecule has 0 aliphatic carbocycles. The van der Waals surface area contributed by atoms with E-state index in [1.54, 1.807) is 18.5 Å². The first-order valence-electron chi connectivity index (χ1n) is 10.7. The minimum Gasteiger partial charge on any atom is -0.454 e. The first kappa shape index (κ1) is 22.9. The van der Waals surface area contributed by atoms with Crippen LogP contribution >= 0.6 is 0 Å². The summed E-state index contributed by atoms with van der Waals surface area (Å²) in [5.41, 5.74) is 2.53. The molecule has 0 radical (unpaired) electrons. The van der Waals surface area contributed by atoms with Crippen molar-refractivity contribution in [2.24, 2.45) is 0 Å². The zero-order chi connectivity index (χ0) is 23.6. The van der Waals surface area contributed by atoms with E-state index in [-0.39, 0.29) is 10.5 Å². The quantitative estimate of drug-likeness (QED) is 0.391. The molecule has 1 saturated heterocycles. The Morgan fingerprint density at radius 3 is 2.24 bits per heavy atom. The maximum absolute atomic E-state index is 12.7. The maximum atomic E-state index is 12.7. The molecule has 4 rings (SSSR count). The SMILES string of the molecule is Cc1nn(-c2ccccc2)c(C)c1C(=O)OCC(=O)c1ccc(S(=O)(=O)N2CCCC2)cc1.